The Labute approximate surface area is 166 Å². The molecule has 0 amide bonds. The van der Waals surface area contributed by atoms with E-state index in [0.29, 0.717) is 23.1 Å². The van der Waals surface area contributed by atoms with Crippen molar-refractivity contribution in [1.82, 2.24) is 0 Å². The van der Waals surface area contributed by atoms with Gasteiger partial charge < -0.3 is 20.4 Å². The van der Waals surface area contributed by atoms with Gasteiger partial charge in [0, 0.05) is 23.3 Å². The van der Waals surface area contributed by atoms with Crippen LogP contribution in [0.5, 0.6) is 23.0 Å². The molecule has 2 aromatic rings. The molecule has 0 atom stereocenters. The smallest absolute Gasteiger partial charge is 0.126 e. The van der Waals surface area contributed by atoms with E-state index in [9.17, 15) is 20.4 Å². The van der Waals surface area contributed by atoms with Gasteiger partial charge in [0.1, 0.15) is 23.0 Å². The van der Waals surface area contributed by atoms with E-state index >= 15 is 0 Å². The average Bonchev–Trinajstić information content (AvgIpc) is 2.59. The largest absolute Gasteiger partial charge is 0.508 e. The van der Waals surface area contributed by atoms with E-state index in [-0.39, 0.29) is 23.0 Å². The molecule has 0 aromatic heterocycles. The summed E-state index contributed by atoms with van der Waals surface area (Å²) in [6.07, 6.45) is 10.2. The molecular formula is C24H28O4. The second-order valence-electron chi connectivity index (χ2n) is 7.18. The Morgan fingerprint density at radius 2 is 1.46 bits per heavy atom. The van der Waals surface area contributed by atoms with E-state index in [4.69, 9.17) is 0 Å². The molecule has 0 aliphatic heterocycles. The molecule has 0 heterocycles. The minimum Gasteiger partial charge on any atom is -0.508 e. The highest BCUT2D eigenvalue weighted by atomic mass is 16.3. The van der Waals surface area contributed by atoms with Crippen LogP contribution in [-0.4, -0.2) is 20.4 Å². The van der Waals surface area contributed by atoms with Crippen molar-refractivity contribution in [3.05, 3.63) is 70.3 Å². The number of aromatic hydroxyl groups is 4. The fourth-order valence-electron chi connectivity index (χ4n) is 2.85. The van der Waals surface area contributed by atoms with E-state index in [2.05, 4.69) is 32.9 Å². The maximum absolute atomic E-state index is 10.3. The maximum Gasteiger partial charge on any atom is 0.126 e. The lowest BCUT2D eigenvalue weighted by Crippen LogP contribution is -1.90. The highest BCUT2D eigenvalue weighted by Crippen LogP contribution is 2.31. The summed E-state index contributed by atoms with van der Waals surface area (Å²) in [6.45, 7) is 6.23. The number of rotatable bonds is 7. The Kier molecular flexibility index (Phi) is 7.33. The molecule has 28 heavy (non-hydrogen) atoms. The van der Waals surface area contributed by atoms with Gasteiger partial charge in [0.2, 0.25) is 0 Å². The van der Waals surface area contributed by atoms with Gasteiger partial charge in [0.05, 0.1) is 0 Å². The predicted octanol–water partition coefficient (Wildman–Crippen LogP) is 5.91. The fraction of sp³-hybridized carbons (Fsp3) is 0.250. The molecule has 0 saturated heterocycles. The van der Waals surface area contributed by atoms with Crippen molar-refractivity contribution < 1.29 is 20.4 Å². The fourth-order valence-corrected chi connectivity index (χ4v) is 2.85. The Hall–Kier alpha value is -3.14. The molecule has 2 aromatic carbocycles. The van der Waals surface area contributed by atoms with Gasteiger partial charge in [-0.25, -0.2) is 0 Å². The van der Waals surface area contributed by atoms with Crippen molar-refractivity contribution in [3.8, 4) is 23.0 Å². The summed E-state index contributed by atoms with van der Waals surface area (Å²) < 4.78 is 0. The Bertz CT molecular complexity index is 916. The molecule has 0 fully saturated rings. The van der Waals surface area contributed by atoms with Crippen molar-refractivity contribution in [2.24, 2.45) is 0 Å². The van der Waals surface area contributed by atoms with Crippen molar-refractivity contribution in [2.45, 2.75) is 40.0 Å². The number of hydrogen-bond acceptors (Lipinski definition) is 4. The molecule has 4 nitrogen and oxygen atoms in total. The molecule has 0 saturated carbocycles. The van der Waals surface area contributed by atoms with Gasteiger partial charge in [0.15, 0.2) is 0 Å². The second kappa shape index (κ2) is 9.70. The third-order valence-electron chi connectivity index (χ3n) is 4.45. The van der Waals surface area contributed by atoms with Crippen LogP contribution in [0, 0.1) is 0 Å². The van der Waals surface area contributed by atoms with Gasteiger partial charge in [-0.05, 0) is 63.8 Å². The SMILES string of the molecule is CC(C)=CCC/C(C)=C/Cc1c(O)cc(O)cc1/C=C/c1ccc(O)cc1O. The molecular weight excluding hydrogens is 352 g/mol. The van der Waals surface area contributed by atoms with Gasteiger partial charge in [-0.1, -0.05) is 35.5 Å². The third kappa shape index (κ3) is 6.23. The number of allylic oxidation sites excluding steroid dienone is 4. The van der Waals surface area contributed by atoms with Crippen LogP contribution >= 0.6 is 0 Å². The van der Waals surface area contributed by atoms with E-state index in [1.54, 1.807) is 24.3 Å². The molecule has 0 radical (unpaired) electrons. The lowest BCUT2D eigenvalue weighted by Gasteiger charge is -2.09. The number of benzene rings is 2. The highest BCUT2D eigenvalue weighted by Gasteiger charge is 2.08. The van der Waals surface area contributed by atoms with Crippen molar-refractivity contribution >= 4 is 12.2 Å². The Balaban J connectivity index is 2.25. The standard InChI is InChI=1S/C24H28O4/c1-16(2)5-4-6-17(3)7-12-22-19(13-21(26)15-24(22)28)9-8-18-10-11-20(25)14-23(18)27/h5,7-11,13-15,25-28H,4,6,12H2,1-3H3/b9-8+,17-7+. The van der Waals surface area contributed by atoms with Crippen LogP contribution < -0.4 is 0 Å². The summed E-state index contributed by atoms with van der Waals surface area (Å²) in [5.41, 5.74) is 4.43. The highest BCUT2D eigenvalue weighted by molar-refractivity contribution is 5.75. The molecule has 0 aliphatic carbocycles. The first-order valence-electron chi connectivity index (χ1n) is 9.30. The van der Waals surface area contributed by atoms with Crippen molar-refractivity contribution in [3.63, 3.8) is 0 Å². The lowest BCUT2D eigenvalue weighted by molar-refractivity contribution is 0.446. The zero-order valence-electron chi connectivity index (χ0n) is 16.6. The van der Waals surface area contributed by atoms with Crippen LogP contribution in [0.25, 0.3) is 12.2 Å². The van der Waals surface area contributed by atoms with Crippen LogP contribution in [0.3, 0.4) is 0 Å². The third-order valence-corrected chi connectivity index (χ3v) is 4.45. The molecule has 4 N–H and O–H groups in total. The van der Waals surface area contributed by atoms with Crippen LogP contribution in [0.15, 0.2) is 53.6 Å². The first-order chi connectivity index (χ1) is 13.3. The van der Waals surface area contributed by atoms with E-state index in [1.807, 2.05) is 0 Å². The Morgan fingerprint density at radius 3 is 2.14 bits per heavy atom. The maximum atomic E-state index is 10.3. The topological polar surface area (TPSA) is 80.9 Å². The second-order valence-corrected chi connectivity index (χ2v) is 7.18. The number of phenols is 4. The summed E-state index contributed by atoms with van der Waals surface area (Å²) in [5.74, 6) is -0.0562. The lowest BCUT2D eigenvalue weighted by atomic mass is 9.99. The number of hydrogen-bond donors (Lipinski definition) is 4. The van der Waals surface area contributed by atoms with Gasteiger partial charge in [-0.2, -0.15) is 0 Å². The molecule has 148 valence electrons. The summed E-state index contributed by atoms with van der Waals surface area (Å²) >= 11 is 0. The quantitative estimate of drug-likeness (QED) is 0.355. The van der Waals surface area contributed by atoms with E-state index < -0.39 is 0 Å². The zero-order valence-corrected chi connectivity index (χ0v) is 16.6. The Morgan fingerprint density at radius 1 is 0.786 bits per heavy atom. The van der Waals surface area contributed by atoms with Crippen LogP contribution in [0.1, 0.15) is 50.3 Å². The predicted molar refractivity (Wildman–Crippen MR) is 115 cm³/mol. The van der Waals surface area contributed by atoms with E-state index in [0.717, 1.165) is 12.8 Å². The van der Waals surface area contributed by atoms with Gasteiger partial charge in [0.25, 0.3) is 0 Å². The monoisotopic (exact) mass is 380 g/mol. The van der Waals surface area contributed by atoms with Crippen molar-refractivity contribution in [1.29, 1.82) is 0 Å². The first-order valence-corrected chi connectivity index (χ1v) is 9.30. The summed E-state index contributed by atoms with van der Waals surface area (Å²) in [7, 11) is 0. The van der Waals surface area contributed by atoms with Crippen LogP contribution in [-0.2, 0) is 6.42 Å². The van der Waals surface area contributed by atoms with Gasteiger partial charge in [-0.15, -0.1) is 0 Å². The normalized spacial score (nSPS) is 11.8. The van der Waals surface area contributed by atoms with E-state index in [1.165, 1.54) is 29.3 Å². The molecule has 4 heteroatoms. The summed E-state index contributed by atoms with van der Waals surface area (Å²) in [6, 6.07) is 7.25. The average molecular weight is 380 g/mol. The molecule has 0 spiro atoms. The molecule has 0 bridgehead atoms. The van der Waals surface area contributed by atoms with Crippen molar-refractivity contribution in [2.75, 3.05) is 0 Å². The van der Waals surface area contributed by atoms with Crippen LogP contribution in [0.2, 0.25) is 0 Å². The summed E-state index contributed by atoms with van der Waals surface area (Å²) in [4.78, 5) is 0. The summed E-state index contributed by atoms with van der Waals surface area (Å²) in [5, 5.41) is 39.5. The van der Waals surface area contributed by atoms with Gasteiger partial charge >= 0.3 is 0 Å². The minimum absolute atomic E-state index is 0.0148. The minimum atomic E-state index is -0.0443. The molecule has 0 aliphatic rings. The van der Waals surface area contributed by atoms with Crippen LogP contribution in [0.4, 0.5) is 0 Å². The zero-order chi connectivity index (χ0) is 20.7. The number of phenolic OH excluding ortho intramolecular Hbond substituents is 4. The van der Waals surface area contributed by atoms with Gasteiger partial charge in [-0.3, -0.25) is 0 Å². The molecule has 0 unspecified atom stereocenters. The first kappa shape index (κ1) is 21.2. The molecule has 2 rings (SSSR count).